The van der Waals surface area contributed by atoms with Crippen LogP contribution >= 0.6 is 11.3 Å². The van der Waals surface area contributed by atoms with Crippen LogP contribution in [-0.4, -0.2) is 31.7 Å². The van der Waals surface area contributed by atoms with Crippen LogP contribution in [0.4, 0.5) is 0 Å². The van der Waals surface area contributed by atoms with Crippen LogP contribution < -0.4 is 0 Å². The lowest BCUT2D eigenvalue weighted by atomic mass is 9.85. The molecule has 0 spiro atoms. The van der Waals surface area contributed by atoms with Gasteiger partial charge in [-0.3, -0.25) is 4.79 Å². The van der Waals surface area contributed by atoms with Crippen molar-refractivity contribution >= 4 is 27.0 Å². The summed E-state index contributed by atoms with van der Waals surface area (Å²) in [6, 6.07) is 3.40. The molecule has 0 aliphatic heterocycles. The third kappa shape index (κ3) is 7.49. The zero-order chi connectivity index (χ0) is 20.0. The molecule has 0 bridgehead atoms. The summed E-state index contributed by atoms with van der Waals surface area (Å²) in [5.41, 5.74) is -0.374. The van der Waals surface area contributed by atoms with Crippen molar-refractivity contribution in [1.82, 2.24) is 0 Å². The van der Waals surface area contributed by atoms with E-state index >= 15 is 0 Å². The van der Waals surface area contributed by atoms with Gasteiger partial charge in [-0.05, 0) is 51.5 Å². The van der Waals surface area contributed by atoms with Crippen molar-refractivity contribution in [3.05, 3.63) is 17.5 Å². The molecule has 0 saturated carbocycles. The molecule has 0 radical (unpaired) electrons. The third-order valence-electron chi connectivity index (χ3n) is 4.19. The van der Waals surface area contributed by atoms with E-state index < -0.39 is 9.84 Å². The number of ether oxygens (including phenoxy) is 1. The Morgan fingerprint density at radius 2 is 1.88 bits per heavy atom. The average Bonchev–Trinajstić information content (AvgIpc) is 3.05. The molecule has 0 aromatic carbocycles. The van der Waals surface area contributed by atoms with Crippen LogP contribution in [0.5, 0.6) is 0 Å². The van der Waals surface area contributed by atoms with Gasteiger partial charge in [-0.1, -0.05) is 33.3 Å². The zero-order valence-corrected chi connectivity index (χ0v) is 18.6. The first-order valence-electron chi connectivity index (χ1n) is 9.45. The van der Waals surface area contributed by atoms with Gasteiger partial charge in [0.05, 0.1) is 17.5 Å². The summed E-state index contributed by atoms with van der Waals surface area (Å²) in [7, 11) is -3.25. The maximum absolute atomic E-state index is 12.7. The first-order valence-corrected chi connectivity index (χ1v) is 12.0. The van der Waals surface area contributed by atoms with Crippen molar-refractivity contribution in [1.29, 1.82) is 0 Å². The van der Waals surface area contributed by atoms with Crippen LogP contribution in [0.3, 0.4) is 0 Å². The van der Waals surface area contributed by atoms with Crippen LogP contribution in [-0.2, 0) is 19.4 Å². The van der Waals surface area contributed by atoms with Gasteiger partial charge in [-0.25, -0.2) is 8.42 Å². The van der Waals surface area contributed by atoms with Crippen LogP contribution in [0.2, 0.25) is 0 Å². The summed E-state index contributed by atoms with van der Waals surface area (Å²) >= 11 is 1.25. The molecule has 6 heteroatoms. The molecule has 150 valence electrons. The van der Waals surface area contributed by atoms with Gasteiger partial charge in [0.15, 0.2) is 9.84 Å². The first-order chi connectivity index (χ1) is 12.0. The van der Waals surface area contributed by atoms with E-state index in [9.17, 15) is 13.2 Å². The van der Waals surface area contributed by atoms with E-state index in [2.05, 4.69) is 6.92 Å². The summed E-state index contributed by atoms with van der Waals surface area (Å²) in [4.78, 5) is 12.7. The number of carbonyl (C=O) groups excluding carboxylic acids is 1. The van der Waals surface area contributed by atoms with E-state index in [0.29, 0.717) is 17.1 Å². The molecule has 0 fully saturated rings. The standard InChI is InChI=1S/C20H34O4S2/c1-7-10-16(19(21)15(2)3)17(24-20(4,5)6)11-9-14-26(22,23)18-12-8-13-25-18/h8,12-13,15-17H,7,9-11,14H2,1-6H3. The molecule has 0 amide bonds. The Morgan fingerprint density at radius 1 is 1.23 bits per heavy atom. The quantitative estimate of drug-likeness (QED) is 0.515. The Morgan fingerprint density at radius 3 is 2.35 bits per heavy atom. The van der Waals surface area contributed by atoms with Crippen LogP contribution in [0.15, 0.2) is 21.7 Å². The number of thiophene rings is 1. The molecule has 2 atom stereocenters. The van der Waals surface area contributed by atoms with Gasteiger partial charge in [-0.15, -0.1) is 11.3 Å². The lowest BCUT2D eigenvalue weighted by Crippen LogP contribution is -2.38. The highest BCUT2D eigenvalue weighted by atomic mass is 32.2. The van der Waals surface area contributed by atoms with E-state index in [1.54, 1.807) is 17.5 Å². The summed E-state index contributed by atoms with van der Waals surface area (Å²) in [6.45, 7) is 11.8. The lowest BCUT2D eigenvalue weighted by molar-refractivity contribution is -0.139. The van der Waals surface area contributed by atoms with Gasteiger partial charge in [0.2, 0.25) is 0 Å². The third-order valence-corrected chi connectivity index (χ3v) is 7.48. The molecule has 4 nitrogen and oxygen atoms in total. The molecule has 0 aliphatic rings. The molecular formula is C20H34O4S2. The smallest absolute Gasteiger partial charge is 0.187 e. The van der Waals surface area contributed by atoms with Crippen molar-refractivity contribution < 1.29 is 17.9 Å². The number of hydrogen-bond donors (Lipinski definition) is 0. The van der Waals surface area contributed by atoms with Gasteiger partial charge in [0, 0.05) is 11.8 Å². The number of Topliss-reactive ketones (excluding diaryl/α,β-unsaturated/α-hetero) is 1. The van der Waals surface area contributed by atoms with Gasteiger partial charge in [-0.2, -0.15) is 0 Å². The molecular weight excluding hydrogens is 368 g/mol. The molecule has 0 saturated heterocycles. The maximum Gasteiger partial charge on any atom is 0.187 e. The van der Waals surface area contributed by atoms with Crippen LogP contribution in [0, 0.1) is 11.8 Å². The summed E-state index contributed by atoms with van der Waals surface area (Å²) < 4.78 is 31.4. The number of rotatable bonds is 11. The van der Waals surface area contributed by atoms with Crippen molar-refractivity contribution in [3.8, 4) is 0 Å². The Balaban J connectivity index is 2.87. The van der Waals surface area contributed by atoms with E-state index in [0.717, 1.165) is 12.8 Å². The molecule has 1 rings (SSSR count). The zero-order valence-electron chi connectivity index (χ0n) is 16.9. The first kappa shape index (κ1) is 23.3. The topological polar surface area (TPSA) is 60.4 Å². The Hall–Kier alpha value is -0.720. The van der Waals surface area contributed by atoms with E-state index in [1.165, 1.54) is 11.3 Å². The highest BCUT2D eigenvalue weighted by Gasteiger charge is 2.32. The highest BCUT2D eigenvalue weighted by molar-refractivity contribution is 7.93. The minimum Gasteiger partial charge on any atom is -0.372 e. The largest absolute Gasteiger partial charge is 0.372 e. The van der Waals surface area contributed by atoms with Gasteiger partial charge in [0.25, 0.3) is 0 Å². The Kier molecular flexibility index (Phi) is 8.97. The van der Waals surface area contributed by atoms with Gasteiger partial charge < -0.3 is 4.74 Å². The number of sulfone groups is 1. The summed E-state index contributed by atoms with van der Waals surface area (Å²) in [6.07, 6.45) is 2.50. The maximum atomic E-state index is 12.7. The van der Waals surface area contributed by atoms with Crippen molar-refractivity contribution in [2.75, 3.05) is 5.75 Å². The average molecular weight is 403 g/mol. The van der Waals surface area contributed by atoms with Crippen LogP contribution in [0.25, 0.3) is 0 Å². The van der Waals surface area contributed by atoms with Crippen molar-refractivity contribution in [3.63, 3.8) is 0 Å². The van der Waals surface area contributed by atoms with Crippen molar-refractivity contribution in [2.24, 2.45) is 11.8 Å². The summed E-state index contributed by atoms with van der Waals surface area (Å²) in [5.74, 6) is 0.0741. The second-order valence-electron chi connectivity index (χ2n) is 8.11. The normalized spacial score (nSPS) is 15.2. The summed E-state index contributed by atoms with van der Waals surface area (Å²) in [5, 5.41) is 1.77. The predicted octanol–water partition coefficient (Wildman–Crippen LogP) is 5.13. The molecule has 0 N–H and O–H groups in total. The van der Waals surface area contributed by atoms with E-state index in [4.69, 9.17) is 4.74 Å². The monoisotopic (exact) mass is 402 g/mol. The second kappa shape index (κ2) is 10.00. The van der Waals surface area contributed by atoms with Gasteiger partial charge >= 0.3 is 0 Å². The van der Waals surface area contributed by atoms with Crippen LogP contribution in [0.1, 0.15) is 67.2 Å². The number of ketones is 1. The Labute approximate surface area is 163 Å². The molecule has 1 heterocycles. The molecule has 1 aromatic heterocycles. The Bertz CT molecular complexity index is 640. The highest BCUT2D eigenvalue weighted by Crippen LogP contribution is 2.28. The molecule has 2 unspecified atom stereocenters. The SMILES string of the molecule is CCCC(C(=O)C(C)C)C(CCCS(=O)(=O)c1cccs1)OC(C)(C)C. The number of hydrogen-bond acceptors (Lipinski definition) is 5. The van der Waals surface area contributed by atoms with E-state index in [1.807, 2.05) is 34.6 Å². The second-order valence-corrected chi connectivity index (χ2v) is 11.4. The minimum absolute atomic E-state index is 0.0486. The number of carbonyl (C=O) groups is 1. The molecule has 0 aliphatic carbocycles. The molecule has 26 heavy (non-hydrogen) atoms. The van der Waals surface area contributed by atoms with E-state index in [-0.39, 0.29) is 35.1 Å². The van der Waals surface area contributed by atoms with Gasteiger partial charge in [0.1, 0.15) is 9.99 Å². The predicted molar refractivity (Wildman–Crippen MR) is 108 cm³/mol. The fourth-order valence-electron chi connectivity index (χ4n) is 3.06. The fourth-order valence-corrected chi connectivity index (χ4v) is 5.55. The van der Waals surface area contributed by atoms with Crippen molar-refractivity contribution in [2.45, 2.75) is 83.1 Å². The molecule has 1 aromatic rings. The fraction of sp³-hybridized carbons (Fsp3) is 0.750. The lowest BCUT2D eigenvalue weighted by Gasteiger charge is -2.33. The minimum atomic E-state index is -3.25.